The molecule has 18 heavy (non-hydrogen) atoms. The summed E-state index contributed by atoms with van der Waals surface area (Å²) in [5.74, 6) is 2.10. The van der Waals surface area contributed by atoms with Crippen LogP contribution in [0.15, 0.2) is 0 Å². The van der Waals surface area contributed by atoms with Crippen molar-refractivity contribution in [3.8, 4) is 0 Å². The van der Waals surface area contributed by atoms with Crippen molar-refractivity contribution in [1.29, 1.82) is 0 Å². The molecule has 4 rings (SSSR count). The zero-order valence-electron chi connectivity index (χ0n) is 12.3. The molecule has 4 aliphatic rings. The summed E-state index contributed by atoms with van der Waals surface area (Å²) in [5, 5.41) is 0. The molecule has 2 heteroatoms. The van der Waals surface area contributed by atoms with Crippen molar-refractivity contribution in [3.05, 3.63) is 0 Å². The van der Waals surface area contributed by atoms with Gasteiger partial charge in [0.15, 0.2) is 0 Å². The zero-order valence-corrected chi connectivity index (χ0v) is 12.3. The Kier molecular flexibility index (Phi) is 3.22. The molecule has 4 fully saturated rings. The Hall–Kier alpha value is -0.0800. The van der Waals surface area contributed by atoms with Crippen LogP contribution in [0.4, 0.5) is 0 Å². The van der Waals surface area contributed by atoms with Crippen LogP contribution in [-0.4, -0.2) is 31.1 Å². The van der Waals surface area contributed by atoms with E-state index in [1.807, 2.05) is 0 Å². The molecule has 2 atom stereocenters. The molecule has 0 aromatic heterocycles. The average molecular weight is 250 g/mol. The van der Waals surface area contributed by atoms with Crippen LogP contribution in [0.2, 0.25) is 0 Å². The van der Waals surface area contributed by atoms with Gasteiger partial charge in [0.1, 0.15) is 0 Å². The SMILES string of the molecule is CCN(CCN)CC12CC3CC(CC(C)(C3)C1)C2. The average Bonchev–Trinajstić information content (AvgIpc) is 2.24. The summed E-state index contributed by atoms with van der Waals surface area (Å²) >= 11 is 0. The number of hydrogen-bond donors (Lipinski definition) is 1. The summed E-state index contributed by atoms with van der Waals surface area (Å²) in [6.45, 7) is 9.25. The van der Waals surface area contributed by atoms with Gasteiger partial charge in [-0.15, -0.1) is 0 Å². The Labute approximate surface area is 112 Å². The lowest BCUT2D eigenvalue weighted by molar-refractivity contribution is -0.112. The van der Waals surface area contributed by atoms with Gasteiger partial charge in [0.25, 0.3) is 0 Å². The largest absolute Gasteiger partial charge is 0.329 e. The molecule has 0 aromatic rings. The van der Waals surface area contributed by atoms with Crippen LogP contribution in [0.5, 0.6) is 0 Å². The van der Waals surface area contributed by atoms with Gasteiger partial charge in [-0.05, 0) is 67.7 Å². The molecule has 0 radical (unpaired) electrons. The van der Waals surface area contributed by atoms with Gasteiger partial charge in [-0.2, -0.15) is 0 Å². The summed E-state index contributed by atoms with van der Waals surface area (Å²) in [6.07, 6.45) is 9.11. The molecule has 2 nitrogen and oxygen atoms in total. The van der Waals surface area contributed by atoms with Crippen molar-refractivity contribution in [2.24, 2.45) is 28.4 Å². The molecule has 4 aliphatic carbocycles. The van der Waals surface area contributed by atoms with Gasteiger partial charge in [-0.25, -0.2) is 0 Å². The van der Waals surface area contributed by atoms with E-state index in [1.54, 1.807) is 6.42 Å². The third kappa shape index (κ3) is 2.22. The van der Waals surface area contributed by atoms with Gasteiger partial charge < -0.3 is 10.6 Å². The van der Waals surface area contributed by atoms with Gasteiger partial charge in [0, 0.05) is 19.6 Å². The number of rotatable bonds is 5. The first-order valence-corrected chi connectivity index (χ1v) is 7.99. The minimum absolute atomic E-state index is 0.657. The van der Waals surface area contributed by atoms with Crippen LogP contribution in [0.3, 0.4) is 0 Å². The van der Waals surface area contributed by atoms with Crippen molar-refractivity contribution < 1.29 is 0 Å². The Morgan fingerprint density at radius 2 is 1.83 bits per heavy atom. The highest BCUT2D eigenvalue weighted by Crippen LogP contribution is 2.65. The van der Waals surface area contributed by atoms with Crippen LogP contribution in [0.25, 0.3) is 0 Å². The quantitative estimate of drug-likeness (QED) is 0.813. The molecule has 104 valence electrons. The van der Waals surface area contributed by atoms with E-state index in [1.165, 1.54) is 45.2 Å². The molecule has 4 saturated carbocycles. The van der Waals surface area contributed by atoms with E-state index in [0.717, 1.165) is 24.9 Å². The smallest absolute Gasteiger partial charge is 0.0105 e. The van der Waals surface area contributed by atoms with Gasteiger partial charge in [0.2, 0.25) is 0 Å². The fraction of sp³-hybridized carbons (Fsp3) is 1.00. The van der Waals surface area contributed by atoms with E-state index in [9.17, 15) is 0 Å². The van der Waals surface area contributed by atoms with Crippen LogP contribution < -0.4 is 5.73 Å². The first-order chi connectivity index (χ1) is 8.56. The molecular formula is C16H30N2. The highest BCUT2D eigenvalue weighted by atomic mass is 15.1. The lowest BCUT2D eigenvalue weighted by Gasteiger charge is -2.62. The molecule has 0 spiro atoms. The number of nitrogens with two attached hydrogens (primary N) is 1. The minimum atomic E-state index is 0.657. The zero-order chi connectivity index (χ0) is 12.8. The summed E-state index contributed by atoms with van der Waals surface area (Å²) in [6, 6.07) is 0. The predicted molar refractivity (Wildman–Crippen MR) is 76.4 cm³/mol. The van der Waals surface area contributed by atoms with E-state index < -0.39 is 0 Å². The number of hydrogen-bond acceptors (Lipinski definition) is 2. The minimum Gasteiger partial charge on any atom is -0.329 e. The number of likely N-dealkylation sites (N-methyl/N-ethyl adjacent to an activating group) is 1. The van der Waals surface area contributed by atoms with Gasteiger partial charge >= 0.3 is 0 Å². The first-order valence-electron chi connectivity index (χ1n) is 7.99. The molecular weight excluding hydrogens is 220 g/mol. The fourth-order valence-corrected chi connectivity index (χ4v) is 6.12. The topological polar surface area (TPSA) is 29.3 Å². The van der Waals surface area contributed by atoms with E-state index >= 15 is 0 Å². The third-order valence-electron chi connectivity index (χ3n) is 5.93. The van der Waals surface area contributed by atoms with Crippen molar-refractivity contribution in [2.75, 3.05) is 26.2 Å². The van der Waals surface area contributed by atoms with Crippen LogP contribution in [0.1, 0.15) is 52.4 Å². The third-order valence-corrected chi connectivity index (χ3v) is 5.93. The van der Waals surface area contributed by atoms with Crippen molar-refractivity contribution in [1.82, 2.24) is 4.90 Å². The van der Waals surface area contributed by atoms with Gasteiger partial charge in [-0.1, -0.05) is 13.8 Å². The van der Waals surface area contributed by atoms with Crippen LogP contribution in [0, 0.1) is 22.7 Å². The molecule has 2 N–H and O–H groups in total. The molecule has 0 aliphatic heterocycles. The Balaban J connectivity index is 1.74. The van der Waals surface area contributed by atoms with Crippen LogP contribution >= 0.6 is 0 Å². The second kappa shape index (κ2) is 4.49. The highest BCUT2D eigenvalue weighted by molar-refractivity contribution is 5.06. The summed E-state index contributed by atoms with van der Waals surface area (Å²) in [7, 11) is 0. The summed E-state index contributed by atoms with van der Waals surface area (Å²) < 4.78 is 0. The molecule has 0 aromatic carbocycles. The maximum atomic E-state index is 5.76. The summed E-state index contributed by atoms with van der Waals surface area (Å²) in [4.78, 5) is 2.61. The number of nitrogens with zero attached hydrogens (tertiary/aromatic N) is 1. The Morgan fingerprint density at radius 3 is 2.33 bits per heavy atom. The van der Waals surface area contributed by atoms with Crippen molar-refractivity contribution >= 4 is 0 Å². The molecule has 0 heterocycles. The van der Waals surface area contributed by atoms with E-state index in [2.05, 4.69) is 18.7 Å². The van der Waals surface area contributed by atoms with Gasteiger partial charge in [0.05, 0.1) is 0 Å². The second-order valence-electron chi connectivity index (χ2n) is 7.93. The molecule has 0 amide bonds. The van der Waals surface area contributed by atoms with Crippen molar-refractivity contribution in [2.45, 2.75) is 52.4 Å². The Bertz CT molecular complexity index is 298. The lowest BCUT2D eigenvalue weighted by atomic mass is 9.44. The maximum Gasteiger partial charge on any atom is 0.0105 e. The molecule has 2 unspecified atom stereocenters. The monoisotopic (exact) mass is 250 g/mol. The molecule has 0 saturated heterocycles. The Morgan fingerprint density at radius 1 is 1.17 bits per heavy atom. The normalized spacial score (nSPS) is 46.0. The second-order valence-corrected chi connectivity index (χ2v) is 7.93. The highest BCUT2D eigenvalue weighted by Gasteiger charge is 2.55. The van der Waals surface area contributed by atoms with Crippen molar-refractivity contribution in [3.63, 3.8) is 0 Å². The van der Waals surface area contributed by atoms with E-state index in [0.29, 0.717) is 10.8 Å². The summed E-state index contributed by atoms with van der Waals surface area (Å²) in [5.41, 5.74) is 7.10. The molecule has 4 bridgehead atoms. The van der Waals surface area contributed by atoms with Gasteiger partial charge in [-0.3, -0.25) is 0 Å². The van der Waals surface area contributed by atoms with E-state index in [4.69, 9.17) is 5.73 Å². The standard InChI is InChI=1S/C16H30N2/c1-3-18(5-4-17)12-16-9-13-6-14(10-16)8-15(2,7-13)11-16/h13-14H,3-12,17H2,1-2H3. The van der Waals surface area contributed by atoms with Crippen LogP contribution in [-0.2, 0) is 0 Å². The first kappa shape index (κ1) is 12.9. The lowest BCUT2D eigenvalue weighted by Crippen LogP contribution is -2.55. The van der Waals surface area contributed by atoms with E-state index in [-0.39, 0.29) is 0 Å². The fourth-order valence-electron chi connectivity index (χ4n) is 6.12. The maximum absolute atomic E-state index is 5.76. The predicted octanol–water partition coefficient (Wildman–Crippen LogP) is 2.87.